The van der Waals surface area contributed by atoms with Gasteiger partial charge in [0.15, 0.2) is 11.4 Å². The summed E-state index contributed by atoms with van der Waals surface area (Å²) >= 11 is 0. The number of anilines is 2. The Balaban J connectivity index is 2.12. The summed E-state index contributed by atoms with van der Waals surface area (Å²) < 4.78 is 0. The molecule has 0 fully saturated rings. The molecule has 3 rings (SSSR count). The molecule has 1 aromatic heterocycles. The van der Waals surface area contributed by atoms with Gasteiger partial charge in [0.2, 0.25) is 11.8 Å². The third kappa shape index (κ3) is 4.34. The maximum Gasteiger partial charge on any atom is 0.257 e. The van der Waals surface area contributed by atoms with Crippen LogP contribution in [0, 0.1) is 11.3 Å². The minimum absolute atomic E-state index is 0.00207. The van der Waals surface area contributed by atoms with Crippen LogP contribution in [-0.4, -0.2) is 50.9 Å². The summed E-state index contributed by atoms with van der Waals surface area (Å²) in [5.41, 5.74) is 1.54. The lowest BCUT2D eigenvalue weighted by Gasteiger charge is -2.15. The van der Waals surface area contributed by atoms with Crippen molar-refractivity contribution in [1.82, 2.24) is 9.88 Å². The molecule has 2 aromatic carbocycles. The number of benzene rings is 2. The van der Waals surface area contributed by atoms with Crippen molar-refractivity contribution in [3.8, 4) is 23.6 Å². The zero-order chi connectivity index (χ0) is 23.4. The summed E-state index contributed by atoms with van der Waals surface area (Å²) in [6, 6.07) is 13.9. The van der Waals surface area contributed by atoms with Crippen LogP contribution in [0.2, 0.25) is 0 Å². The third-order valence-electron chi connectivity index (χ3n) is 4.76. The molecule has 0 aliphatic heterocycles. The van der Waals surface area contributed by atoms with Crippen LogP contribution >= 0.6 is 0 Å². The normalized spacial score (nSPS) is 11.1. The van der Waals surface area contributed by atoms with Crippen LogP contribution < -0.4 is 5.32 Å². The monoisotopic (exact) mass is 433 g/mol. The Morgan fingerprint density at radius 3 is 2.44 bits per heavy atom. The molecule has 0 aliphatic carbocycles. The zero-order valence-electron chi connectivity index (χ0n) is 17.8. The van der Waals surface area contributed by atoms with Crippen molar-refractivity contribution in [1.29, 1.82) is 5.26 Å². The van der Waals surface area contributed by atoms with Gasteiger partial charge in [-0.25, -0.2) is 4.99 Å². The van der Waals surface area contributed by atoms with Crippen LogP contribution in [0.25, 0.3) is 0 Å². The van der Waals surface area contributed by atoms with Gasteiger partial charge in [-0.1, -0.05) is 37.3 Å². The molecule has 0 unspecified atom stereocenters. The van der Waals surface area contributed by atoms with Crippen LogP contribution in [0.4, 0.5) is 17.1 Å². The number of aromatic nitrogens is 1. The number of carbonyl (C=O) groups excluding carboxylic acids is 1. The van der Waals surface area contributed by atoms with Gasteiger partial charge < -0.3 is 25.5 Å². The average molecular weight is 433 g/mol. The number of nitrogens with zero attached hydrogens (tertiary/aromatic N) is 3. The van der Waals surface area contributed by atoms with E-state index in [0.717, 1.165) is 5.56 Å². The molecule has 0 saturated carbocycles. The van der Waals surface area contributed by atoms with E-state index < -0.39 is 17.5 Å². The van der Waals surface area contributed by atoms with Gasteiger partial charge in [-0.05, 0) is 24.1 Å². The van der Waals surface area contributed by atoms with Crippen molar-refractivity contribution >= 4 is 28.7 Å². The Bertz CT molecular complexity index is 1220. The highest BCUT2D eigenvalue weighted by Gasteiger charge is 2.22. The lowest BCUT2D eigenvalue weighted by molar-refractivity contribution is 0.0824. The number of phenolic OH excluding ortho intramolecular Hbond substituents is 1. The van der Waals surface area contributed by atoms with Gasteiger partial charge in [0.25, 0.3) is 5.91 Å². The third-order valence-corrected chi connectivity index (χ3v) is 4.76. The van der Waals surface area contributed by atoms with E-state index in [1.807, 2.05) is 43.3 Å². The fourth-order valence-electron chi connectivity index (χ4n) is 3.14. The number of carbonyl (C=O) groups is 1. The quantitative estimate of drug-likeness (QED) is 0.294. The summed E-state index contributed by atoms with van der Waals surface area (Å²) in [4.78, 5) is 20.6. The SMILES string of the molecule is CCC(=Nc1c(O)[nH]c(O)c1Nc1cc(C#N)cc(C(=O)N(C)C)c1O)c1ccccc1. The Labute approximate surface area is 184 Å². The molecule has 0 bridgehead atoms. The van der Waals surface area contributed by atoms with Crippen LogP contribution in [0.15, 0.2) is 47.5 Å². The maximum absolute atomic E-state index is 12.4. The average Bonchev–Trinajstić information content (AvgIpc) is 3.05. The molecule has 164 valence electrons. The number of aromatic hydroxyl groups is 3. The smallest absolute Gasteiger partial charge is 0.257 e. The number of hydrogen-bond donors (Lipinski definition) is 5. The summed E-state index contributed by atoms with van der Waals surface area (Å²) in [6.45, 7) is 1.91. The number of amides is 1. The first-order valence-electron chi connectivity index (χ1n) is 9.79. The summed E-state index contributed by atoms with van der Waals surface area (Å²) in [5.74, 6) is -1.71. The zero-order valence-corrected chi connectivity index (χ0v) is 17.8. The van der Waals surface area contributed by atoms with Crippen molar-refractivity contribution in [3.63, 3.8) is 0 Å². The van der Waals surface area contributed by atoms with E-state index in [1.165, 1.54) is 31.1 Å². The number of rotatable bonds is 6. The second kappa shape index (κ2) is 9.14. The fraction of sp³-hybridized carbons (Fsp3) is 0.174. The summed E-state index contributed by atoms with van der Waals surface area (Å²) in [5, 5.41) is 43.5. The van der Waals surface area contributed by atoms with E-state index in [4.69, 9.17) is 0 Å². The van der Waals surface area contributed by atoms with Crippen molar-refractivity contribution in [2.45, 2.75) is 13.3 Å². The number of nitriles is 1. The summed E-state index contributed by atoms with van der Waals surface area (Å²) in [6.07, 6.45) is 0.547. The molecule has 3 aromatic rings. The Morgan fingerprint density at radius 1 is 1.16 bits per heavy atom. The van der Waals surface area contributed by atoms with E-state index in [0.29, 0.717) is 12.1 Å². The highest BCUT2D eigenvalue weighted by atomic mass is 16.3. The first-order chi connectivity index (χ1) is 15.3. The van der Waals surface area contributed by atoms with E-state index in [1.54, 1.807) is 0 Å². The Morgan fingerprint density at radius 2 is 1.84 bits per heavy atom. The van der Waals surface area contributed by atoms with Crippen LogP contribution in [0.1, 0.15) is 34.8 Å². The van der Waals surface area contributed by atoms with Gasteiger partial charge in [-0.3, -0.25) is 9.78 Å². The molecule has 5 N–H and O–H groups in total. The maximum atomic E-state index is 12.4. The van der Waals surface area contributed by atoms with Gasteiger partial charge in [-0.2, -0.15) is 5.26 Å². The Hall–Kier alpha value is -4.45. The van der Waals surface area contributed by atoms with Crippen LogP contribution in [0.3, 0.4) is 0 Å². The van der Waals surface area contributed by atoms with Gasteiger partial charge >= 0.3 is 0 Å². The molecular formula is C23H23N5O4. The molecule has 0 aliphatic rings. The second-order valence-electron chi connectivity index (χ2n) is 7.18. The largest absolute Gasteiger partial charge is 0.505 e. The van der Waals surface area contributed by atoms with Crippen molar-refractivity contribution in [3.05, 3.63) is 59.2 Å². The molecule has 32 heavy (non-hydrogen) atoms. The standard InChI is InChI=1S/C23H23N5O4/c1-4-16(14-8-6-5-7-9-14)25-18-19(22(31)27-21(18)30)26-17-11-13(12-24)10-15(20(17)29)23(32)28(2)3/h5-11,26-27,29-31H,4H2,1-3H3. The number of aromatic amines is 1. The van der Waals surface area contributed by atoms with Crippen LogP contribution in [-0.2, 0) is 0 Å². The number of aliphatic imine (C=N–C) groups is 1. The predicted molar refractivity (Wildman–Crippen MR) is 121 cm³/mol. The molecule has 0 spiro atoms. The van der Waals surface area contributed by atoms with Gasteiger partial charge in [-0.15, -0.1) is 0 Å². The highest BCUT2D eigenvalue weighted by Crippen LogP contribution is 2.45. The van der Waals surface area contributed by atoms with E-state index >= 15 is 0 Å². The first-order valence-corrected chi connectivity index (χ1v) is 9.79. The molecule has 1 heterocycles. The van der Waals surface area contributed by atoms with Crippen molar-refractivity contribution in [2.24, 2.45) is 4.99 Å². The molecule has 0 radical (unpaired) electrons. The molecule has 9 nitrogen and oxygen atoms in total. The molecular weight excluding hydrogens is 410 g/mol. The molecule has 1 amide bonds. The van der Waals surface area contributed by atoms with Crippen molar-refractivity contribution in [2.75, 3.05) is 19.4 Å². The van der Waals surface area contributed by atoms with Crippen molar-refractivity contribution < 1.29 is 20.1 Å². The van der Waals surface area contributed by atoms with E-state index in [2.05, 4.69) is 15.3 Å². The highest BCUT2D eigenvalue weighted by molar-refractivity contribution is 6.04. The topological polar surface area (TPSA) is 145 Å². The number of H-pyrrole nitrogens is 1. The lowest BCUT2D eigenvalue weighted by Crippen LogP contribution is -2.22. The molecule has 9 heteroatoms. The lowest BCUT2D eigenvalue weighted by atomic mass is 10.1. The molecule has 0 atom stereocenters. The Kier molecular flexibility index (Phi) is 6.35. The number of phenols is 1. The minimum Gasteiger partial charge on any atom is -0.505 e. The first kappa shape index (κ1) is 22.2. The summed E-state index contributed by atoms with van der Waals surface area (Å²) in [7, 11) is 3.04. The number of nitrogens with one attached hydrogen (secondary N) is 2. The van der Waals surface area contributed by atoms with Gasteiger partial charge in [0.1, 0.15) is 5.69 Å². The number of hydrogen-bond acceptors (Lipinski definition) is 7. The second-order valence-corrected chi connectivity index (χ2v) is 7.18. The molecule has 0 saturated heterocycles. The van der Waals surface area contributed by atoms with Gasteiger partial charge in [0.05, 0.1) is 22.9 Å². The van der Waals surface area contributed by atoms with E-state index in [9.17, 15) is 25.4 Å². The minimum atomic E-state index is -0.501. The van der Waals surface area contributed by atoms with Gasteiger partial charge in [0, 0.05) is 19.8 Å². The fourth-order valence-corrected chi connectivity index (χ4v) is 3.14. The van der Waals surface area contributed by atoms with Crippen LogP contribution in [0.5, 0.6) is 17.5 Å². The predicted octanol–water partition coefficient (Wildman–Crippen LogP) is 3.98. The van der Waals surface area contributed by atoms with E-state index in [-0.39, 0.29) is 34.1 Å².